The fourth-order valence-corrected chi connectivity index (χ4v) is 1.86. The van der Waals surface area contributed by atoms with Gasteiger partial charge in [-0.25, -0.2) is 0 Å². The van der Waals surface area contributed by atoms with Gasteiger partial charge in [0.05, 0.1) is 0 Å². The lowest BCUT2D eigenvalue weighted by Gasteiger charge is -2.04. The zero-order chi connectivity index (χ0) is 13.7. The highest BCUT2D eigenvalue weighted by atomic mass is 16.5. The number of nitrogens with one attached hydrogen (secondary N) is 1. The Morgan fingerprint density at radius 1 is 1.37 bits per heavy atom. The molecule has 19 heavy (non-hydrogen) atoms. The van der Waals surface area contributed by atoms with Crippen molar-refractivity contribution in [2.75, 3.05) is 6.54 Å². The van der Waals surface area contributed by atoms with E-state index in [1.807, 2.05) is 12.3 Å². The van der Waals surface area contributed by atoms with Crippen LogP contribution in [-0.2, 0) is 12.8 Å². The minimum absolute atomic E-state index is 0.467. The predicted molar refractivity (Wildman–Crippen MR) is 73.7 cm³/mol. The van der Waals surface area contributed by atoms with Crippen LogP contribution in [-0.4, -0.2) is 27.7 Å². The average molecular weight is 260 g/mol. The highest BCUT2D eigenvalue weighted by Crippen LogP contribution is 2.20. The summed E-state index contributed by atoms with van der Waals surface area (Å²) < 4.78 is 5.28. The van der Waals surface area contributed by atoms with E-state index >= 15 is 0 Å². The molecule has 0 aliphatic carbocycles. The summed E-state index contributed by atoms with van der Waals surface area (Å²) in [6.45, 7) is 7.16. The number of pyridine rings is 1. The van der Waals surface area contributed by atoms with Crippen molar-refractivity contribution in [2.24, 2.45) is 0 Å². The summed E-state index contributed by atoms with van der Waals surface area (Å²) in [7, 11) is 0. The van der Waals surface area contributed by atoms with Crippen molar-refractivity contribution in [3.05, 3.63) is 29.9 Å². The number of rotatable bonds is 6. The van der Waals surface area contributed by atoms with E-state index in [0.29, 0.717) is 17.8 Å². The summed E-state index contributed by atoms with van der Waals surface area (Å²) in [6.07, 6.45) is 5.26. The summed E-state index contributed by atoms with van der Waals surface area (Å²) in [4.78, 5) is 8.56. The van der Waals surface area contributed by atoms with Gasteiger partial charge >= 0.3 is 0 Å². The number of hydrogen-bond acceptors (Lipinski definition) is 5. The first-order valence-corrected chi connectivity index (χ1v) is 6.70. The summed E-state index contributed by atoms with van der Waals surface area (Å²) in [5.41, 5.74) is 2.14. The Bertz CT molecular complexity index is 522. The lowest BCUT2D eigenvalue weighted by atomic mass is 10.1. The molecule has 0 aliphatic heterocycles. The molecule has 0 radical (unpaired) electrons. The van der Waals surface area contributed by atoms with Gasteiger partial charge in [-0.3, -0.25) is 4.98 Å². The van der Waals surface area contributed by atoms with Gasteiger partial charge in [0, 0.05) is 37.0 Å². The summed E-state index contributed by atoms with van der Waals surface area (Å²) in [5.74, 6) is 1.32. The molecule has 5 nitrogen and oxygen atoms in total. The molecule has 2 aromatic heterocycles. The van der Waals surface area contributed by atoms with E-state index in [9.17, 15) is 0 Å². The fourth-order valence-electron chi connectivity index (χ4n) is 1.86. The van der Waals surface area contributed by atoms with Crippen LogP contribution < -0.4 is 5.32 Å². The maximum absolute atomic E-state index is 5.28. The van der Waals surface area contributed by atoms with Gasteiger partial charge in [-0.1, -0.05) is 25.9 Å². The highest BCUT2D eigenvalue weighted by molar-refractivity contribution is 5.58. The smallest absolute Gasteiger partial charge is 0.228 e. The van der Waals surface area contributed by atoms with Crippen LogP contribution in [0.1, 0.15) is 32.2 Å². The maximum Gasteiger partial charge on any atom is 0.228 e. The lowest BCUT2D eigenvalue weighted by molar-refractivity contribution is 0.374. The third-order valence-corrected chi connectivity index (χ3v) is 2.88. The molecule has 0 aliphatic rings. The molecule has 2 rings (SSSR count). The van der Waals surface area contributed by atoms with Gasteiger partial charge in [-0.2, -0.15) is 4.98 Å². The quantitative estimate of drug-likeness (QED) is 0.863. The second kappa shape index (κ2) is 6.43. The van der Waals surface area contributed by atoms with Gasteiger partial charge in [0.1, 0.15) is 0 Å². The Kier molecular flexibility index (Phi) is 4.63. The molecule has 0 saturated heterocycles. The number of hydrogen-bond donors (Lipinski definition) is 1. The Morgan fingerprint density at radius 3 is 2.95 bits per heavy atom. The van der Waals surface area contributed by atoms with Crippen molar-refractivity contribution in [3.8, 4) is 11.4 Å². The normalized spacial score (nSPS) is 11.2. The molecule has 0 saturated carbocycles. The first-order chi connectivity index (χ1) is 9.20. The van der Waals surface area contributed by atoms with E-state index in [1.165, 1.54) is 0 Å². The van der Waals surface area contributed by atoms with E-state index in [4.69, 9.17) is 4.52 Å². The monoisotopic (exact) mass is 260 g/mol. The zero-order valence-electron chi connectivity index (χ0n) is 11.7. The van der Waals surface area contributed by atoms with Crippen LogP contribution in [0.2, 0.25) is 0 Å². The number of nitrogens with zero attached hydrogens (tertiary/aromatic N) is 3. The number of aromatic nitrogens is 3. The third kappa shape index (κ3) is 3.61. The second-order valence-electron chi connectivity index (χ2n) is 4.76. The van der Waals surface area contributed by atoms with E-state index in [2.05, 4.69) is 41.2 Å². The van der Waals surface area contributed by atoms with Gasteiger partial charge in [0.25, 0.3) is 0 Å². The molecule has 102 valence electrons. The van der Waals surface area contributed by atoms with E-state index in [-0.39, 0.29) is 0 Å². The van der Waals surface area contributed by atoms with Crippen molar-refractivity contribution >= 4 is 0 Å². The van der Waals surface area contributed by atoms with Crippen LogP contribution in [0.15, 0.2) is 23.0 Å². The Morgan fingerprint density at radius 2 is 2.21 bits per heavy atom. The van der Waals surface area contributed by atoms with Crippen molar-refractivity contribution in [3.63, 3.8) is 0 Å². The minimum Gasteiger partial charge on any atom is -0.339 e. The zero-order valence-corrected chi connectivity index (χ0v) is 11.7. The SMILES string of the molecule is CCc1cnccc1-c1noc(CCNC(C)C)n1. The second-order valence-corrected chi connectivity index (χ2v) is 4.76. The van der Waals surface area contributed by atoms with Crippen molar-refractivity contribution in [1.29, 1.82) is 0 Å². The molecule has 0 atom stereocenters. The summed E-state index contributed by atoms with van der Waals surface area (Å²) in [6, 6.07) is 2.40. The van der Waals surface area contributed by atoms with Crippen molar-refractivity contribution in [2.45, 2.75) is 39.7 Å². The maximum atomic E-state index is 5.28. The summed E-state index contributed by atoms with van der Waals surface area (Å²) >= 11 is 0. The van der Waals surface area contributed by atoms with Gasteiger partial charge in [-0.05, 0) is 18.1 Å². The molecule has 2 heterocycles. The lowest BCUT2D eigenvalue weighted by Crippen LogP contribution is -2.25. The first kappa shape index (κ1) is 13.7. The van der Waals surface area contributed by atoms with Gasteiger partial charge in [0.15, 0.2) is 0 Å². The fraction of sp³-hybridized carbons (Fsp3) is 0.500. The predicted octanol–water partition coefficient (Wildman–Crippen LogP) is 2.23. The topological polar surface area (TPSA) is 63.8 Å². The van der Waals surface area contributed by atoms with Gasteiger partial charge in [0.2, 0.25) is 11.7 Å². The Balaban J connectivity index is 2.08. The van der Waals surface area contributed by atoms with E-state index in [0.717, 1.165) is 30.5 Å². The molecule has 2 aromatic rings. The molecule has 5 heteroatoms. The third-order valence-electron chi connectivity index (χ3n) is 2.88. The van der Waals surface area contributed by atoms with Crippen LogP contribution in [0, 0.1) is 0 Å². The van der Waals surface area contributed by atoms with Crippen LogP contribution >= 0.6 is 0 Å². The van der Waals surface area contributed by atoms with E-state index < -0.39 is 0 Å². The van der Waals surface area contributed by atoms with Crippen LogP contribution in [0.25, 0.3) is 11.4 Å². The molecule has 0 bridgehead atoms. The molecule has 1 N–H and O–H groups in total. The molecular weight excluding hydrogens is 240 g/mol. The molecule has 0 unspecified atom stereocenters. The van der Waals surface area contributed by atoms with Crippen LogP contribution in [0.4, 0.5) is 0 Å². The van der Waals surface area contributed by atoms with E-state index in [1.54, 1.807) is 6.20 Å². The average Bonchev–Trinajstić information content (AvgIpc) is 2.87. The molecular formula is C14H20N4O. The standard InChI is InChI=1S/C14H20N4O/c1-4-11-9-15-7-5-12(11)14-17-13(19-18-14)6-8-16-10(2)3/h5,7,9-10,16H,4,6,8H2,1-3H3. The minimum atomic E-state index is 0.467. The van der Waals surface area contributed by atoms with Crippen LogP contribution in [0.3, 0.4) is 0 Å². The summed E-state index contributed by atoms with van der Waals surface area (Å²) in [5, 5.41) is 7.38. The highest BCUT2D eigenvalue weighted by Gasteiger charge is 2.11. The van der Waals surface area contributed by atoms with Gasteiger partial charge in [-0.15, -0.1) is 0 Å². The Labute approximate surface area is 113 Å². The number of aryl methyl sites for hydroxylation is 1. The largest absolute Gasteiger partial charge is 0.339 e. The first-order valence-electron chi connectivity index (χ1n) is 6.70. The molecule has 0 spiro atoms. The molecule has 0 amide bonds. The molecule has 0 fully saturated rings. The van der Waals surface area contributed by atoms with Crippen molar-refractivity contribution in [1.82, 2.24) is 20.4 Å². The van der Waals surface area contributed by atoms with Gasteiger partial charge < -0.3 is 9.84 Å². The van der Waals surface area contributed by atoms with Crippen molar-refractivity contribution < 1.29 is 4.52 Å². The van der Waals surface area contributed by atoms with Crippen LogP contribution in [0.5, 0.6) is 0 Å². The Hall–Kier alpha value is -1.75. The molecule has 0 aromatic carbocycles.